The first-order valence-electron chi connectivity index (χ1n) is 4.85. The summed E-state index contributed by atoms with van der Waals surface area (Å²) >= 11 is 0. The number of rotatable bonds is 3. The van der Waals surface area contributed by atoms with E-state index in [-0.39, 0.29) is 12.4 Å². The van der Waals surface area contributed by atoms with E-state index >= 15 is 0 Å². The van der Waals surface area contributed by atoms with Crippen LogP contribution in [-0.4, -0.2) is 61.3 Å². The Kier molecular flexibility index (Phi) is 5.88. The molecule has 0 unspecified atom stereocenters. The molecule has 1 aliphatic heterocycles. The Morgan fingerprint density at radius 2 is 1.46 bits per heavy atom. The molecule has 0 bridgehead atoms. The molecule has 0 aromatic rings. The summed E-state index contributed by atoms with van der Waals surface area (Å²) in [6, 6.07) is 0. The molecule has 0 aromatic carbocycles. The van der Waals surface area contributed by atoms with Crippen molar-refractivity contribution in [1.29, 1.82) is 0 Å². The highest BCUT2D eigenvalue weighted by molar-refractivity contribution is 5.85. The summed E-state index contributed by atoms with van der Waals surface area (Å²) in [5.41, 5.74) is 0. The van der Waals surface area contributed by atoms with Crippen LogP contribution in [0.1, 0.15) is 13.8 Å². The highest BCUT2D eigenvalue weighted by Crippen LogP contribution is 2.13. The van der Waals surface area contributed by atoms with Crippen LogP contribution >= 0.6 is 12.4 Å². The van der Waals surface area contributed by atoms with Crippen LogP contribution in [0.5, 0.6) is 0 Å². The molecule has 80 valence electrons. The molecule has 1 saturated heterocycles. The van der Waals surface area contributed by atoms with Crippen LogP contribution in [0.4, 0.5) is 0 Å². The molecule has 1 rings (SSSR count). The van der Waals surface area contributed by atoms with E-state index in [2.05, 4.69) is 42.6 Å². The number of halogens is 1. The van der Waals surface area contributed by atoms with E-state index in [4.69, 9.17) is 0 Å². The van der Waals surface area contributed by atoms with Crippen LogP contribution in [0.15, 0.2) is 0 Å². The van der Waals surface area contributed by atoms with Crippen LogP contribution in [0.2, 0.25) is 0 Å². The van der Waals surface area contributed by atoms with Crippen molar-refractivity contribution in [3.63, 3.8) is 0 Å². The fourth-order valence-electron chi connectivity index (χ4n) is 1.99. The molecule has 13 heavy (non-hydrogen) atoms. The number of hydrogen-bond acceptors (Lipinski definition) is 3. The zero-order chi connectivity index (χ0) is 9.14. The van der Waals surface area contributed by atoms with Gasteiger partial charge in [-0.15, -0.1) is 12.4 Å². The lowest BCUT2D eigenvalue weighted by Crippen LogP contribution is -2.49. The molecule has 0 atom stereocenters. The standard InChI is InChI=1S/C9H21N3.ClH/c1-5-12(6-2)9-10(3)7-8-11(9)4;/h9H,5-8H2,1-4H3;1H. The first-order chi connectivity index (χ1) is 5.70. The van der Waals surface area contributed by atoms with Gasteiger partial charge >= 0.3 is 0 Å². The average Bonchev–Trinajstić information content (AvgIpc) is 2.38. The Labute approximate surface area is 88.1 Å². The van der Waals surface area contributed by atoms with Gasteiger partial charge in [-0.25, -0.2) is 0 Å². The first kappa shape index (κ1) is 13.2. The molecule has 1 fully saturated rings. The zero-order valence-corrected chi connectivity index (χ0v) is 9.97. The van der Waals surface area contributed by atoms with Crippen LogP contribution < -0.4 is 0 Å². The Morgan fingerprint density at radius 3 is 1.77 bits per heavy atom. The fourth-order valence-corrected chi connectivity index (χ4v) is 1.99. The van der Waals surface area contributed by atoms with E-state index in [0.717, 1.165) is 13.1 Å². The molecular formula is C9H22ClN3. The molecule has 0 spiro atoms. The Bertz CT molecular complexity index is 129. The van der Waals surface area contributed by atoms with Crippen molar-refractivity contribution in [2.45, 2.75) is 20.1 Å². The summed E-state index contributed by atoms with van der Waals surface area (Å²) < 4.78 is 0. The molecule has 1 heterocycles. The van der Waals surface area contributed by atoms with Crippen LogP contribution in [0.3, 0.4) is 0 Å². The van der Waals surface area contributed by atoms with E-state index in [1.165, 1.54) is 13.1 Å². The number of hydrogen-bond donors (Lipinski definition) is 0. The second-order valence-electron chi connectivity index (χ2n) is 3.53. The van der Waals surface area contributed by atoms with Crippen molar-refractivity contribution in [3.8, 4) is 0 Å². The second kappa shape index (κ2) is 5.81. The molecule has 0 radical (unpaired) electrons. The molecule has 4 heteroatoms. The van der Waals surface area contributed by atoms with Crippen LogP contribution in [0, 0.1) is 0 Å². The number of likely N-dealkylation sites (N-methyl/N-ethyl adjacent to an activating group) is 2. The highest BCUT2D eigenvalue weighted by atomic mass is 35.5. The third-order valence-corrected chi connectivity index (χ3v) is 2.73. The summed E-state index contributed by atoms with van der Waals surface area (Å²) in [4.78, 5) is 7.30. The predicted octanol–water partition coefficient (Wildman–Crippen LogP) is 0.911. The van der Waals surface area contributed by atoms with Gasteiger partial charge in [0.15, 0.2) is 0 Å². The van der Waals surface area contributed by atoms with Crippen molar-refractivity contribution in [3.05, 3.63) is 0 Å². The van der Waals surface area contributed by atoms with Gasteiger partial charge < -0.3 is 0 Å². The molecular weight excluding hydrogens is 186 g/mol. The van der Waals surface area contributed by atoms with E-state index in [9.17, 15) is 0 Å². The summed E-state index contributed by atoms with van der Waals surface area (Å²) in [7, 11) is 4.40. The zero-order valence-electron chi connectivity index (χ0n) is 9.16. The van der Waals surface area contributed by atoms with Crippen molar-refractivity contribution < 1.29 is 0 Å². The number of nitrogens with zero attached hydrogens (tertiary/aromatic N) is 3. The summed E-state index contributed by atoms with van der Waals surface area (Å²) in [5, 5.41) is 0. The molecule has 1 aliphatic rings. The van der Waals surface area contributed by atoms with Crippen molar-refractivity contribution in [2.24, 2.45) is 0 Å². The fraction of sp³-hybridized carbons (Fsp3) is 1.00. The lowest BCUT2D eigenvalue weighted by atomic mass is 10.5. The lowest BCUT2D eigenvalue weighted by Gasteiger charge is -2.35. The maximum absolute atomic E-state index is 2.48. The minimum absolute atomic E-state index is 0. The molecule has 3 nitrogen and oxygen atoms in total. The quantitative estimate of drug-likeness (QED) is 0.682. The third kappa shape index (κ3) is 2.81. The summed E-state index contributed by atoms with van der Waals surface area (Å²) in [6.45, 7) is 9.11. The largest absolute Gasteiger partial charge is 0.277 e. The van der Waals surface area contributed by atoms with Crippen molar-refractivity contribution >= 4 is 12.4 Å². The summed E-state index contributed by atoms with van der Waals surface area (Å²) in [5.74, 6) is 0. The Morgan fingerprint density at radius 1 is 1.08 bits per heavy atom. The maximum Gasteiger partial charge on any atom is 0.119 e. The van der Waals surface area contributed by atoms with E-state index in [0.29, 0.717) is 6.29 Å². The van der Waals surface area contributed by atoms with Gasteiger partial charge in [-0.05, 0) is 27.2 Å². The Hall–Kier alpha value is 0.170. The monoisotopic (exact) mass is 207 g/mol. The molecule has 0 amide bonds. The maximum atomic E-state index is 2.48. The van der Waals surface area contributed by atoms with Crippen LogP contribution in [0.25, 0.3) is 0 Å². The van der Waals surface area contributed by atoms with Crippen LogP contribution in [-0.2, 0) is 0 Å². The van der Waals surface area contributed by atoms with Crippen molar-refractivity contribution in [1.82, 2.24) is 14.7 Å². The van der Waals surface area contributed by atoms with Gasteiger partial charge in [0.25, 0.3) is 0 Å². The van der Waals surface area contributed by atoms with E-state index in [1.807, 2.05) is 0 Å². The van der Waals surface area contributed by atoms with Gasteiger partial charge in [0.05, 0.1) is 0 Å². The average molecular weight is 208 g/mol. The first-order valence-corrected chi connectivity index (χ1v) is 4.85. The van der Waals surface area contributed by atoms with Gasteiger partial charge in [0.2, 0.25) is 0 Å². The molecule has 0 aliphatic carbocycles. The Balaban J connectivity index is 0.00000144. The normalized spacial score (nSPS) is 21.0. The lowest BCUT2D eigenvalue weighted by molar-refractivity contribution is 0.0171. The molecule has 0 aromatic heterocycles. The SMILES string of the molecule is CCN(CC)C1N(C)CCN1C.Cl. The minimum Gasteiger partial charge on any atom is -0.277 e. The van der Waals surface area contributed by atoms with Gasteiger partial charge in [-0.1, -0.05) is 13.8 Å². The van der Waals surface area contributed by atoms with Gasteiger partial charge in [0.1, 0.15) is 6.29 Å². The molecule has 0 N–H and O–H groups in total. The third-order valence-electron chi connectivity index (χ3n) is 2.73. The summed E-state index contributed by atoms with van der Waals surface area (Å²) in [6.07, 6.45) is 0.528. The van der Waals surface area contributed by atoms with E-state index in [1.54, 1.807) is 0 Å². The topological polar surface area (TPSA) is 9.72 Å². The highest BCUT2D eigenvalue weighted by Gasteiger charge is 2.29. The van der Waals surface area contributed by atoms with Gasteiger partial charge in [-0.3, -0.25) is 14.7 Å². The van der Waals surface area contributed by atoms with Gasteiger partial charge in [0, 0.05) is 13.1 Å². The van der Waals surface area contributed by atoms with Crippen molar-refractivity contribution in [2.75, 3.05) is 40.3 Å². The smallest absolute Gasteiger partial charge is 0.119 e. The van der Waals surface area contributed by atoms with E-state index < -0.39 is 0 Å². The second-order valence-corrected chi connectivity index (χ2v) is 3.53. The molecule has 0 saturated carbocycles. The van der Waals surface area contributed by atoms with Gasteiger partial charge in [-0.2, -0.15) is 0 Å². The predicted molar refractivity (Wildman–Crippen MR) is 59.2 cm³/mol. The minimum atomic E-state index is 0.